The maximum atomic E-state index is 12.4. The molecule has 0 aliphatic carbocycles. The van der Waals surface area contributed by atoms with Crippen LogP contribution in [0, 0.1) is 23.7 Å². The average Bonchev–Trinajstić information content (AvgIpc) is 2.74. The van der Waals surface area contributed by atoms with Crippen LogP contribution >= 0.6 is 0 Å². The summed E-state index contributed by atoms with van der Waals surface area (Å²) in [7, 11) is 1.55. The molecule has 2 aliphatic heterocycles. The second kappa shape index (κ2) is 3.87. The summed E-state index contributed by atoms with van der Waals surface area (Å²) in [6.07, 6.45) is 6.82. The molecule has 2 saturated heterocycles. The first-order valence-corrected chi connectivity index (χ1v) is 5.74. The van der Waals surface area contributed by atoms with Gasteiger partial charge in [0.1, 0.15) is 11.9 Å². The fourth-order valence-corrected chi connectivity index (χ4v) is 3.07. The van der Waals surface area contributed by atoms with Gasteiger partial charge in [0.2, 0.25) is 0 Å². The van der Waals surface area contributed by atoms with E-state index < -0.39 is 11.5 Å². The quantitative estimate of drug-likeness (QED) is 0.663. The number of methoxy groups -OCH3 is 1. The number of fused-ring (bicyclic) bond motifs is 2. The number of ketones is 1. The van der Waals surface area contributed by atoms with Crippen LogP contribution in [0.15, 0.2) is 0 Å². The van der Waals surface area contributed by atoms with Crippen LogP contribution in [0.3, 0.4) is 0 Å². The second-order valence-corrected chi connectivity index (χ2v) is 4.96. The van der Waals surface area contributed by atoms with E-state index >= 15 is 0 Å². The Bertz CT molecular complexity index is 344. The lowest BCUT2D eigenvalue weighted by Gasteiger charge is -2.43. The Morgan fingerprint density at radius 3 is 2.88 bits per heavy atom. The van der Waals surface area contributed by atoms with Crippen molar-refractivity contribution in [2.45, 2.75) is 45.0 Å². The third kappa shape index (κ3) is 1.33. The summed E-state index contributed by atoms with van der Waals surface area (Å²) in [4.78, 5) is 12.4. The van der Waals surface area contributed by atoms with Gasteiger partial charge in [0, 0.05) is 13.0 Å². The Morgan fingerprint density at radius 1 is 1.62 bits per heavy atom. The summed E-state index contributed by atoms with van der Waals surface area (Å²) in [6.45, 7) is 3.81. The Kier molecular flexibility index (Phi) is 2.81. The topological polar surface area (TPSA) is 35.5 Å². The lowest BCUT2D eigenvalue weighted by Crippen LogP contribution is -2.55. The van der Waals surface area contributed by atoms with Gasteiger partial charge < -0.3 is 9.47 Å². The zero-order chi connectivity index (χ0) is 11.9. The standard InChI is InChI=1S/C13H18O3/c1-5-10(15-4)13(3)11-7-6-9(16-11)8(2)12(13)14/h1,8-11H,6-7H2,2-4H3/t8-,9+,10?,11-,13-/m0/s1. The highest BCUT2D eigenvalue weighted by molar-refractivity contribution is 5.89. The number of hydrogen-bond donors (Lipinski definition) is 0. The molecule has 2 fully saturated rings. The molecule has 2 bridgehead atoms. The van der Waals surface area contributed by atoms with E-state index in [1.54, 1.807) is 7.11 Å². The molecule has 2 aliphatic rings. The van der Waals surface area contributed by atoms with Gasteiger partial charge in [-0.05, 0) is 19.8 Å². The highest BCUT2D eigenvalue weighted by Gasteiger charge is 2.58. The van der Waals surface area contributed by atoms with Crippen molar-refractivity contribution in [2.24, 2.45) is 11.3 Å². The minimum absolute atomic E-state index is 0.0743. The maximum Gasteiger partial charge on any atom is 0.150 e. The molecule has 0 spiro atoms. The molecule has 0 N–H and O–H groups in total. The van der Waals surface area contributed by atoms with Gasteiger partial charge >= 0.3 is 0 Å². The fourth-order valence-electron chi connectivity index (χ4n) is 3.07. The predicted molar refractivity (Wildman–Crippen MR) is 59.8 cm³/mol. The summed E-state index contributed by atoms with van der Waals surface area (Å²) < 4.78 is 11.2. The van der Waals surface area contributed by atoms with Gasteiger partial charge in [0.25, 0.3) is 0 Å². The van der Waals surface area contributed by atoms with E-state index in [0.29, 0.717) is 0 Å². The highest BCUT2D eigenvalue weighted by atomic mass is 16.5. The first-order chi connectivity index (χ1) is 7.55. The van der Waals surface area contributed by atoms with Crippen molar-refractivity contribution in [1.29, 1.82) is 0 Å². The van der Waals surface area contributed by atoms with Crippen LogP contribution in [-0.2, 0) is 14.3 Å². The van der Waals surface area contributed by atoms with Crippen LogP contribution < -0.4 is 0 Å². The number of ether oxygens (including phenoxy) is 2. The second-order valence-electron chi connectivity index (χ2n) is 4.96. The highest BCUT2D eigenvalue weighted by Crippen LogP contribution is 2.47. The SMILES string of the molecule is C#CC(OC)[C@]1(C)C(=O)[C@@H](C)[C@H]2CC[C@@H]1O2. The zero-order valence-corrected chi connectivity index (χ0v) is 10.0. The fraction of sp³-hybridized carbons (Fsp3) is 0.769. The van der Waals surface area contributed by atoms with Crippen molar-refractivity contribution in [3.8, 4) is 12.3 Å². The van der Waals surface area contributed by atoms with Crippen LogP contribution in [0.2, 0.25) is 0 Å². The number of carbonyl (C=O) groups excluding carboxylic acids is 1. The molecule has 3 nitrogen and oxygen atoms in total. The van der Waals surface area contributed by atoms with Crippen LogP contribution in [0.4, 0.5) is 0 Å². The van der Waals surface area contributed by atoms with Crippen LogP contribution in [0.1, 0.15) is 26.7 Å². The van der Waals surface area contributed by atoms with Gasteiger partial charge in [-0.1, -0.05) is 12.8 Å². The smallest absolute Gasteiger partial charge is 0.150 e. The maximum absolute atomic E-state index is 12.4. The van der Waals surface area contributed by atoms with Crippen LogP contribution in [0.5, 0.6) is 0 Å². The summed E-state index contributed by atoms with van der Waals surface area (Å²) in [5.74, 6) is 2.69. The number of hydrogen-bond acceptors (Lipinski definition) is 3. The number of carbonyl (C=O) groups is 1. The Balaban J connectivity index is 2.38. The molecule has 88 valence electrons. The molecule has 5 atom stereocenters. The van der Waals surface area contributed by atoms with E-state index in [0.717, 1.165) is 12.8 Å². The molecule has 0 aromatic carbocycles. The van der Waals surface area contributed by atoms with Crippen molar-refractivity contribution >= 4 is 5.78 Å². The molecule has 1 unspecified atom stereocenters. The third-order valence-electron chi connectivity index (χ3n) is 4.16. The Labute approximate surface area is 96.5 Å². The van der Waals surface area contributed by atoms with Crippen LogP contribution in [-0.4, -0.2) is 31.2 Å². The van der Waals surface area contributed by atoms with Crippen molar-refractivity contribution < 1.29 is 14.3 Å². The molecule has 3 heteroatoms. The Morgan fingerprint density at radius 2 is 2.31 bits per heavy atom. The van der Waals surface area contributed by atoms with Gasteiger partial charge in [-0.25, -0.2) is 0 Å². The van der Waals surface area contributed by atoms with Crippen molar-refractivity contribution in [2.75, 3.05) is 7.11 Å². The summed E-state index contributed by atoms with van der Waals surface area (Å²) in [6, 6.07) is 0. The lowest BCUT2D eigenvalue weighted by molar-refractivity contribution is -0.171. The minimum atomic E-state index is -0.685. The monoisotopic (exact) mass is 222 g/mol. The number of rotatable bonds is 2. The van der Waals surface area contributed by atoms with Gasteiger partial charge in [-0.15, -0.1) is 6.42 Å². The van der Waals surface area contributed by atoms with E-state index in [4.69, 9.17) is 15.9 Å². The van der Waals surface area contributed by atoms with E-state index in [9.17, 15) is 4.79 Å². The first kappa shape index (κ1) is 11.6. The molecular weight excluding hydrogens is 204 g/mol. The van der Waals surface area contributed by atoms with Gasteiger partial charge in [0.05, 0.1) is 17.6 Å². The molecule has 2 rings (SSSR count). The normalized spacial score (nSPS) is 44.1. The average molecular weight is 222 g/mol. The van der Waals surface area contributed by atoms with E-state index in [1.807, 2.05) is 13.8 Å². The number of terminal acetylenes is 1. The third-order valence-corrected chi connectivity index (χ3v) is 4.16. The molecule has 0 aromatic rings. The largest absolute Gasteiger partial charge is 0.373 e. The summed E-state index contributed by atoms with van der Waals surface area (Å²) in [5, 5.41) is 0. The van der Waals surface area contributed by atoms with Crippen molar-refractivity contribution in [3.05, 3.63) is 0 Å². The lowest BCUT2D eigenvalue weighted by atomic mass is 9.70. The molecule has 0 radical (unpaired) electrons. The van der Waals surface area contributed by atoms with E-state index in [1.165, 1.54) is 0 Å². The molecular formula is C13H18O3. The van der Waals surface area contributed by atoms with Crippen molar-refractivity contribution in [1.82, 2.24) is 0 Å². The Hall–Kier alpha value is -0.850. The van der Waals surface area contributed by atoms with Gasteiger partial charge in [-0.2, -0.15) is 0 Å². The molecule has 2 heterocycles. The first-order valence-electron chi connectivity index (χ1n) is 5.74. The van der Waals surface area contributed by atoms with Gasteiger partial charge in [0.15, 0.2) is 0 Å². The summed E-state index contributed by atoms with van der Waals surface area (Å²) in [5.41, 5.74) is -0.685. The van der Waals surface area contributed by atoms with Crippen molar-refractivity contribution in [3.63, 3.8) is 0 Å². The van der Waals surface area contributed by atoms with E-state index in [2.05, 4.69) is 5.92 Å². The molecule has 16 heavy (non-hydrogen) atoms. The van der Waals surface area contributed by atoms with Crippen LogP contribution in [0.25, 0.3) is 0 Å². The number of Topliss-reactive ketones (excluding diaryl/α,β-unsaturated/α-hetero) is 1. The molecule has 0 aromatic heterocycles. The predicted octanol–water partition coefficient (Wildman–Crippen LogP) is 1.41. The molecule has 0 saturated carbocycles. The minimum Gasteiger partial charge on any atom is -0.373 e. The van der Waals surface area contributed by atoms with E-state index in [-0.39, 0.29) is 23.9 Å². The van der Waals surface area contributed by atoms with Gasteiger partial charge in [-0.3, -0.25) is 4.79 Å². The summed E-state index contributed by atoms with van der Waals surface area (Å²) >= 11 is 0. The zero-order valence-electron chi connectivity index (χ0n) is 10.0. The molecule has 0 amide bonds.